The molecule has 0 saturated carbocycles. The lowest BCUT2D eigenvalue weighted by Crippen LogP contribution is -2.00. The number of carbonyl (C=O) groups is 1. The highest BCUT2D eigenvalue weighted by Crippen LogP contribution is 2.19. The van der Waals surface area contributed by atoms with Gasteiger partial charge in [-0.05, 0) is 41.1 Å². The van der Waals surface area contributed by atoms with Gasteiger partial charge >= 0.3 is 0 Å². The van der Waals surface area contributed by atoms with Crippen molar-refractivity contribution in [3.63, 3.8) is 0 Å². The Morgan fingerprint density at radius 1 is 1.47 bits per heavy atom. The maximum absolute atomic E-state index is 13.0. The van der Waals surface area contributed by atoms with Crippen LogP contribution in [0.15, 0.2) is 35.1 Å². The van der Waals surface area contributed by atoms with E-state index < -0.39 is 0 Å². The predicted octanol–water partition coefficient (Wildman–Crippen LogP) is 3.04. The van der Waals surface area contributed by atoms with E-state index in [1.54, 1.807) is 10.9 Å². The number of nitrogens with zero attached hydrogens (tertiary/aromatic N) is 2. The van der Waals surface area contributed by atoms with E-state index in [9.17, 15) is 9.18 Å². The van der Waals surface area contributed by atoms with Gasteiger partial charge in [0.15, 0.2) is 5.78 Å². The molecule has 0 fully saturated rings. The lowest BCUT2D eigenvalue weighted by Gasteiger charge is -2.00. The van der Waals surface area contributed by atoms with E-state index in [1.807, 2.05) is 6.92 Å². The molecule has 2 rings (SSSR count). The molecule has 5 heteroatoms. The lowest BCUT2D eigenvalue weighted by atomic mass is 10.1. The second kappa shape index (κ2) is 4.79. The van der Waals surface area contributed by atoms with Gasteiger partial charge in [-0.15, -0.1) is 0 Å². The fourth-order valence-corrected chi connectivity index (χ4v) is 1.84. The van der Waals surface area contributed by atoms with Crippen LogP contribution >= 0.6 is 15.9 Å². The monoisotopic (exact) mass is 296 g/mol. The van der Waals surface area contributed by atoms with Crippen molar-refractivity contribution in [1.29, 1.82) is 0 Å². The SMILES string of the molecule is CCn1cc(C(=O)c2ccc(F)c(Br)c2)cn1. The molecule has 0 spiro atoms. The first-order chi connectivity index (χ1) is 8.11. The van der Waals surface area contributed by atoms with Gasteiger partial charge < -0.3 is 0 Å². The molecular weight excluding hydrogens is 287 g/mol. The summed E-state index contributed by atoms with van der Waals surface area (Å²) in [6.45, 7) is 2.65. The number of halogens is 2. The fraction of sp³-hybridized carbons (Fsp3) is 0.167. The first-order valence-electron chi connectivity index (χ1n) is 5.14. The average Bonchev–Trinajstić information content (AvgIpc) is 2.80. The fourth-order valence-electron chi connectivity index (χ4n) is 1.46. The van der Waals surface area contributed by atoms with Crippen molar-refractivity contribution in [3.8, 4) is 0 Å². The van der Waals surface area contributed by atoms with E-state index in [0.29, 0.717) is 17.7 Å². The van der Waals surface area contributed by atoms with Crippen LogP contribution in [0.1, 0.15) is 22.8 Å². The Morgan fingerprint density at radius 2 is 2.24 bits per heavy atom. The van der Waals surface area contributed by atoms with Crippen LogP contribution in [0.5, 0.6) is 0 Å². The lowest BCUT2D eigenvalue weighted by molar-refractivity contribution is 0.103. The summed E-state index contributed by atoms with van der Waals surface area (Å²) in [6.07, 6.45) is 3.20. The maximum Gasteiger partial charge on any atom is 0.196 e. The average molecular weight is 297 g/mol. The first kappa shape index (κ1) is 12.0. The van der Waals surface area contributed by atoms with E-state index in [4.69, 9.17) is 0 Å². The second-order valence-electron chi connectivity index (χ2n) is 3.54. The van der Waals surface area contributed by atoms with Gasteiger partial charge in [-0.1, -0.05) is 0 Å². The molecule has 0 N–H and O–H groups in total. The highest BCUT2D eigenvalue weighted by Gasteiger charge is 2.12. The third-order valence-electron chi connectivity index (χ3n) is 2.40. The number of hydrogen-bond acceptors (Lipinski definition) is 2. The summed E-state index contributed by atoms with van der Waals surface area (Å²) in [6, 6.07) is 4.20. The number of aromatic nitrogens is 2. The summed E-state index contributed by atoms with van der Waals surface area (Å²) in [4.78, 5) is 12.0. The van der Waals surface area contributed by atoms with E-state index >= 15 is 0 Å². The van der Waals surface area contributed by atoms with Crippen LogP contribution in [0.25, 0.3) is 0 Å². The highest BCUT2D eigenvalue weighted by molar-refractivity contribution is 9.10. The van der Waals surface area contributed by atoms with Gasteiger partial charge in [-0.2, -0.15) is 5.10 Å². The van der Waals surface area contributed by atoms with Crippen LogP contribution in [0.2, 0.25) is 0 Å². The minimum Gasteiger partial charge on any atom is -0.288 e. The molecule has 1 aromatic heterocycles. The molecule has 1 heterocycles. The van der Waals surface area contributed by atoms with Crippen LogP contribution in [0, 0.1) is 5.82 Å². The van der Waals surface area contributed by atoms with Gasteiger partial charge in [-0.3, -0.25) is 9.48 Å². The first-order valence-corrected chi connectivity index (χ1v) is 5.93. The molecule has 0 amide bonds. The Hall–Kier alpha value is -1.49. The van der Waals surface area contributed by atoms with Crippen molar-refractivity contribution in [2.45, 2.75) is 13.5 Å². The third kappa shape index (κ3) is 2.44. The number of ketones is 1. The van der Waals surface area contributed by atoms with Crippen LogP contribution in [0.3, 0.4) is 0 Å². The van der Waals surface area contributed by atoms with Crippen LogP contribution in [-0.4, -0.2) is 15.6 Å². The van der Waals surface area contributed by atoms with Crippen molar-refractivity contribution in [1.82, 2.24) is 9.78 Å². The van der Waals surface area contributed by atoms with Gasteiger partial charge in [0.05, 0.1) is 16.2 Å². The van der Waals surface area contributed by atoms with Crippen molar-refractivity contribution in [3.05, 3.63) is 52.0 Å². The zero-order valence-corrected chi connectivity index (χ0v) is 10.7. The van der Waals surface area contributed by atoms with Gasteiger partial charge in [0, 0.05) is 18.3 Å². The molecule has 0 radical (unpaired) electrons. The predicted molar refractivity (Wildman–Crippen MR) is 65.4 cm³/mol. The number of carbonyl (C=O) groups excluding carboxylic acids is 1. The smallest absolute Gasteiger partial charge is 0.196 e. The zero-order chi connectivity index (χ0) is 12.4. The summed E-state index contributed by atoms with van der Waals surface area (Å²) in [5.41, 5.74) is 0.944. The maximum atomic E-state index is 13.0. The Labute approximate surface area is 106 Å². The quantitative estimate of drug-likeness (QED) is 0.816. The van der Waals surface area contributed by atoms with Crippen molar-refractivity contribution >= 4 is 21.7 Å². The summed E-state index contributed by atoms with van der Waals surface area (Å²) in [7, 11) is 0. The summed E-state index contributed by atoms with van der Waals surface area (Å²) in [5, 5.41) is 4.03. The van der Waals surface area contributed by atoms with E-state index in [2.05, 4.69) is 21.0 Å². The molecule has 0 aliphatic heterocycles. The summed E-state index contributed by atoms with van der Waals surface area (Å²) in [5.74, 6) is -0.545. The van der Waals surface area contributed by atoms with Gasteiger partial charge in [-0.25, -0.2) is 4.39 Å². The second-order valence-corrected chi connectivity index (χ2v) is 4.40. The van der Waals surface area contributed by atoms with Crippen molar-refractivity contribution < 1.29 is 9.18 Å². The van der Waals surface area contributed by atoms with Gasteiger partial charge in [0.1, 0.15) is 5.82 Å². The molecule has 0 atom stereocenters. The number of hydrogen-bond donors (Lipinski definition) is 0. The van der Waals surface area contributed by atoms with E-state index in [1.165, 1.54) is 24.4 Å². The largest absolute Gasteiger partial charge is 0.288 e. The van der Waals surface area contributed by atoms with Crippen LogP contribution in [0.4, 0.5) is 4.39 Å². The van der Waals surface area contributed by atoms with E-state index in [-0.39, 0.29) is 16.1 Å². The number of benzene rings is 1. The van der Waals surface area contributed by atoms with Crippen molar-refractivity contribution in [2.24, 2.45) is 0 Å². The molecule has 2 aromatic rings. The standard InChI is InChI=1S/C12H10BrFN2O/c1-2-16-7-9(6-15-16)12(17)8-3-4-11(14)10(13)5-8/h3-7H,2H2,1H3. The molecule has 0 aliphatic rings. The normalized spacial score (nSPS) is 10.5. The van der Waals surface area contributed by atoms with E-state index in [0.717, 1.165) is 0 Å². The molecule has 17 heavy (non-hydrogen) atoms. The molecule has 0 aliphatic carbocycles. The number of rotatable bonds is 3. The van der Waals surface area contributed by atoms with Crippen LogP contribution in [-0.2, 0) is 6.54 Å². The third-order valence-corrected chi connectivity index (χ3v) is 3.01. The Balaban J connectivity index is 2.33. The van der Waals surface area contributed by atoms with Crippen molar-refractivity contribution in [2.75, 3.05) is 0 Å². The Morgan fingerprint density at radius 3 is 2.82 bits per heavy atom. The Bertz CT molecular complexity index is 565. The zero-order valence-electron chi connectivity index (χ0n) is 9.15. The number of aryl methyl sites for hydroxylation is 1. The molecule has 3 nitrogen and oxygen atoms in total. The topological polar surface area (TPSA) is 34.9 Å². The Kier molecular flexibility index (Phi) is 3.38. The molecule has 0 bridgehead atoms. The van der Waals surface area contributed by atoms with Gasteiger partial charge in [0.2, 0.25) is 0 Å². The molecule has 0 unspecified atom stereocenters. The highest BCUT2D eigenvalue weighted by atomic mass is 79.9. The minimum absolute atomic E-state index is 0.162. The molecule has 88 valence electrons. The summed E-state index contributed by atoms with van der Waals surface area (Å²) >= 11 is 3.06. The minimum atomic E-state index is -0.384. The summed E-state index contributed by atoms with van der Waals surface area (Å²) < 4.78 is 15.0. The molecular formula is C12H10BrFN2O. The molecule has 1 aromatic carbocycles. The van der Waals surface area contributed by atoms with Crippen LogP contribution < -0.4 is 0 Å². The molecule has 0 saturated heterocycles. The van der Waals surface area contributed by atoms with Gasteiger partial charge in [0.25, 0.3) is 0 Å².